The van der Waals surface area contributed by atoms with E-state index in [9.17, 15) is 9.90 Å². The van der Waals surface area contributed by atoms with Crippen LogP contribution in [0.25, 0.3) is 31.3 Å². The van der Waals surface area contributed by atoms with E-state index in [2.05, 4.69) is 48.5 Å². The van der Waals surface area contributed by atoms with Gasteiger partial charge in [-0.25, -0.2) is 0 Å². The van der Waals surface area contributed by atoms with Crippen LogP contribution in [0.3, 0.4) is 0 Å². The third-order valence-electron chi connectivity index (χ3n) is 7.18. The molecule has 4 aromatic rings. The minimum absolute atomic E-state index is 0.0497. The average molecular weight is 488 g/mol. The maximum absolute atomic E-state index is 13.4. The second kappa shape index (κ2) is 8.54. The van der Waals surface area contributed by atoms with Crippen LogP contribution in [0.4, 0.5) is 0 Å². The van der Waals surface area contributed by atoms with Crippen molar-refractivity contribution in [3.63, 3.8) is 0 Å². The molecule has 3 heterocycles. The highest BCUT2D eigenvalue weighted by Crippen LogP contribution is 2.41. The summed E-state index contributed by atoms with van der Waals surface area (Å²) in [5.74, 6) is 0.702. The van der Waals surface area contributed by atoms with Gasteiger partial charge in [0.1, 0.15) is 6.61 Å². The van der Waals surface area contributed by atoms with Crippen molar-refractivity contribution in [1.29, 1.82) is 0 Å². The molecular weight excluding hydrogens is 458 g/mol. The van der Waals surface area contributed by atoms with Crippen LogP contribution in [0.2, 0.25) is 0 Å². The number of fused-ring (bicyclic) bond motifs is 4. The molecule has 0 unspecified atom stereocenters. The van der Waals surface area contributed by atoms with Gasteiger partial charge in [0.2, 0.25) is 5.91 Å². The SMILES string of the molecule is CC1(C)C[C@H](C(=O)N2CCOc3c(O)cc(-c4ccc5sc6ccccc6c5c4)cc3C2)CCO1. The lowest BCUT2D eigenvalue weighted by Crippen LogP contribution is -2.43. The van der Waals surface area contributed by atoms with Gasteiger partial charge < -0.3 is 19.5 Å². The Morgan fingerprint density at radius 3 is 2.71 bits per heavy atom. The second-order valence-corrected chi connectivity index (χ2v) is 11.3. The zero-order valence-corrected chi connectivity index (χ0v) is 20.9. The molecule has 0 bridgehead atoms. The number of carbonyl (C=O) groups is 1. The van der Waals surface area contributed by atoms with Crippen LogP contribution >= 0.6 is 11.3 Å². The Kier molecular flexibility index (Phi) is 5.46. The topological polar surface area (TPSA) is 59.0 Å². The Morgan fingerprint density at radius 1 is 1.03 bits per heavy atom. The first-order valence-corrected chi connectivity index (χ1v) is 13.0. The molecule has 1 saturated heterocycles. The number of aromatic hydroxyl groups is 1. The monoisotopic (exact) mass is 487 g/mol. The zero-order chi connectivity index (χ0) is 24.2. The summed E-state index contributed by atoms with van der Waals surface area (Å²) in [6.07, 6.45) is 1.46. The number of thiophene rings is 1. The van der Waals surface area contributed by atoms with Gasteiger partial charge in [-0.15, -0.1) is 11.3 Å². The fraction of sp³-hybridized carbons (Fsp3) is 0.345. The van der Waals surface area contributed by atoms with Crippen LogP contribution in [-0.4, -0.2) is 41.3 Å². The minimum Gasteiger partial charge on any atom is -0.504 e. The van der Waals surface area contributed by atoms with E-state index < -0.39 is 0 Å². The number of phenols is 1. The molecule has 1 fully saturated rings. The summed E-state index contributed by atoms with van der Waals surface area (Å²) in [5.41, 5.74) is 2.51. The summed E-state index contributed by atoms with van der Waals surface area (Å²) in [5, 5.41) is 13.3. The van der Waals surface area contributed by atoms with Gasteiger partial charge in [0.15, 0.2) is 11.5 Å². The van der Waals surface area contributed by atoms with Crippen molar-refractivity contribution in [3.05, 3.63) is 60.2 Å². The third-order valence-corrected chi connectivity index (χ3v) is 8.33. The number of hydrogen-bond donors (Lipinski definition) is 1. The zero-order valence-electron chi connectivity index (χ0n) is 20.0. The molecule has 2 aliphatic heterocycles. The Morgan fingerprint density at radius 2 is 1.86 bits per heavy atom. The van der Waals surface area contributed by atoms with Crippen molar-refractivity contribution >= 4 is 37.4 Å². The van der Waals surface area contributed by atoms with Crippen molar-refractivity contribution in [2.75, 3.05) is 19.8 Å². The fourth-order valence-corrected chi connectivity index (χ4v) is 6.55. The molecule has 6 heteroatoms. The average Bonchev–Trinajstić information content (AvgIpc) is 3.06. The van der Waals surface area contributed by atoms with Crippen molar-refractivity contribution in [3.8, 4) is 22.6 Å². The van der Waals surface area contributed by atoms with Crippen LogP contribution in [-0.2, 0) is 16.1 Å². The molecular formula is C29H29NO4S. The molecule has 1 N–H and O–H groups in total. The molecule has 6 rings (SSSR count). The van der Waals surface area contributed by atoms with Gasteiger partial charge in [-0.3, -0.25) is 4.79 Å². The van der Waals surface area contributed by atoms with Gasteiger partial charge in [-0.1, -0.05) is 24.3 Å². The molecule has 180 valence electrons. The molecule has 1 amide bonds. The molecule has 2 aliphatic rings. The first-order valence-electron chi connectivity index (χ1n) is 12.2. The molecule has 5 nitrogen and oxygen atoms in total. The summed E-state index contributed by atoms with van der Waals surface area (Å²) in [4.78, 5) is 15.3. The fourth-order valence-electron chi connectivity index (χ4n) is 5.46. The number of nitrogens with zero attached hydrogens (tertiary/aromatic N) is 1. The number of carbonyl (C=O) groups excluding carboxylic acids is 1. The number of amides is 1. The summed E-state index contributed by atoms with van der Waals surface area (Å²) >= 11 is 1.79. The van der Waals surface area contributed by atoms with E-state index in [0.29, 0.717) is 32.1 Å². The largest absolute Gasteiger partial charge is 0.504 e. The molecule has 3 aromatic carbocycles. The van der Waals surface area contributed by atoms with Crippen LogP contribution in [0.5, 0.6) is 11.5 Å². The maximum atomic E-state index is 13.4. The number of ether oxygens (including phenoxy) is 2. The van der Waals surface area contributed by atoms with E-state index in [1.165, 1.54) is 20.2 Å². The highest BCUT2D eigenvalue weighted by Gasteiger charge is 2.36. The Balaban J connectivity index is 1.34. The van der Waals surface area contributed by atoms with Gasteiger partial charge in [-0.05, 0) is 68.1 Å². The smallest absolute Gasteiger partial charge is 0.226 e. The van der Waals surface area contributed by atoms with E-state index in [1.807, 2.05) is 18.7 Å². The second-order valence-electron chi connectivity index (χ2n) is 10.2. The summed E-state index contributed by atoms with van der Waals surface area (Å²) < 4.78 is 14.3. The van der Waals surface area contributed by atoms with Gasteiger partial charge >= 0.3 is 0 Å². The third kappa shape index (κ3) is 4.15. The van der Waals surface area contributed by atoms with E-state index in [0.717, 1.165) is 29.5 Å². The Hall–Kier alpha value is -3.09. The van der Waals surface area contributed by atoms with E-state index in [1.54, 1.807) is 17.4 Å². The normalized spacial score (nSPS) is 19.8. The minimum atomic E-state index is -0.283. The van der Waals surface area contributed by atoms with Crippen LogP contribution < -0.4 is 4.74 Å². The maximum Gasteiger partial charge on any atom is 0.226 e. The summed E-state index contributed by atoms with van der Waals surface area (Å²) in [6, 6.07) is 18.7. The first-order chi connectivity index (χ1) is 16.9. The van der Waals surface area contributed by atoms with Crippen molar-refractivity contribution < 1.29 is 19.4 Å². The predicted octanol–water partition coefficient (Wildman–Crippen LogP) is 6.35. The lowest BCUT2D eigenvalue weighted by Gasteiger charge is -2.36. The Bertz CT molecular complexity index is 1440. The van der Waals surface area contributed by atoms with E-state index in [4.69, 9.17) is 9.47 Å². The summed E-state index contributed by atoms with van der Waals surface area (Å²) in [6.45, 7) is 6.00. The predicted molar refractivity (Wildman–Crippen MR) is 140 cm³/mol. The lowest BCUT2D eigenvalue weighted by molar-refractivity contribution is -0.146. The first kappa shape index (κ1) is 22.4. The van der Waals surface area contributed by atoms with E-state index >= 15 is 0 Å². The van der Waals surface area contributed by atoms with E-state index in [-0.39, 0.29) is 23.2 Å². The van der Waals surface area contributed by atoms with Gasteiger partial charge in [-0.2, -0.15) is 0 Å². The summed E-state index contributed by atoms with van der Waals surface area (Å²) in [7, 11) is 0. The lowest BCUT2D eigenvalue weighted by atomic mass is 9.87. The number of hydrogen-bond acceptors (Lipinski definition) is 5. The number of phenolic OH excluding ortho intramolecular Hbond substituents is 1. The molecule has 1 atom stereocenters. The quantitative estimate of drug-likeness (QED) is 0.358. The molecule has 0 spiro atoms. The van der Waals surface area contributed by atoms with Gasteiger partial charge in [0.05, 0.1) is 12.1 Å². The number of benzene rings is 3. The van der Waals surface area contributed by atoms with Gasteiger partial charge in [0, 0.05) is 44.8 Å². The number of rotatable bonds is 2. The molecule has 0 aliphatic carbocycles. The van der Waals surface area contributed by atoms with Gasteiger partial charge in [0.25, 0.3) is 0 Å². The Labute approximate surface area is 208 Å². The van der Waals surface area contributed by atoms with Crippen molar-refractivity contribution in [1.82, 2.24) is 4.90 Å². The molecule has 1 aromatic heterocycles. The molecule has 35 heavy (non-hydrogen) atoms. The van der Waals surface area contributed by atoms with Crippen LogP contribution in [0, 0.1) is 5.92 Å². The van der Waals surface area contributed by atoms with Crippen LogP contribution in [0.1, 0.15) is 32.3 Å². The molecule has 0 saturated carbocycles. The standard InChI is InChI=1S/C29H29NO4S/c1-29(2)16-19(9-11-34-29)28(32)30-10-12-33-27-21(17-30)13-20(15-24(27)31)18-7-8-26-23(14-18)22-5-3-4-6-25(22)35-26/h3-8,13-15,19,31H,9-12,16-17H2,1-2H3/t19-/m1/s1. The highest BCUT2D eigenvalue weighted by molar-refractivity contribution is 7.25. The van der Waals surface area contributed by atoms with Crippen molar-refractivity contribution in [2.45, 2.75) is 38.8 Å². The molecule has 0 radical (unpaired) electrons. The van der Waals surface area contributed by atoms with Crippen molar-refractivity contribution in [2.24, 2.45) is 5.92 Å². The van der Waals surface area contributed by atoms with Crippen LogP contribution in [0.15, 0.2) is 54.6 Å². The highest BCUT2D eigenvalue weighted by atomic mass is 32.1.